The van der Waals surface area contributed by atoms with Gasteiger partial charge in [-0.15, -0.1) is 0 Å². The van der Waals surface area contributed by atoms with E-state index in [1.165, 1.54) is 51.7 Å². The van der Waals surface area contributed by atoms with Crippen molar-refractivity contribution in [3.63, 3.8) is 0 Å². The van der Waals surface area contributed by atoms with Crippen molar-refractivity contribution in [1.82, 2.24) is 10.2 Å². The van der Waals surface area contributed by atoms with Gasteiger partial charge < -0.3 is 10.1 Å². The molecule has 0 aromatic rings. The Kier molecular flexibility index (Phi) is 3.46. The zero-order valence-electron chi connectivity index (χ0n) is 10.2. The fourth-order valence-corrected chi connectivity index (χ4v) is 3.61. The zero-order valence-corrected chi connectivity index (χ0v) is 10.2. The van der Waals surface area contributed by atoms with E-state index in [1.54, 1.807) is 0 Å². The normalized spacial score (nSPS) is 40.9. The zero-order chi connectivity index (χ0) is 10.8. The van der Waals surface area contributed by atoms with E-state index in [0.29, 0.717) is 6.10 Å². The average molecular weight is 224 g/mol. The third kappa shape index (κ3) is 2.27. The maximum absolute atomic E-state index is 5.92. The summed E-state index contributed by atoms with van der Waals surface area (Å²) in [7, 11) is 0. The van der Waals surface area contributed by atoms with E-state index in [0.717, 1.165) is 25.1 Å². The summed E-state index contributed by atoms with van der Waals surface area (Å²) < 4.78 is 5.92. The molecule has 3 unspecified atom stereocenters. The lowest BCUT2D eigenvalue weighted by molar-refractivity contribution is -0.0913. The van der Waals surface area contributed by atoms with E-state index in [2.05, 4.69) is 10.2 Å². The Morgan fingerprint density at radius 2 is 2.12 bits per heavy atom. The molecule has 3 atom stereocenters. The van der Waals surface area contributed by atoms with Gasteiger partial charge in [0.2, 0.25) is 0 Å². The average Bonchev–Trinajstić information content (AvgIpc) is 2.82. The van der Waals surface area contributed by atoms with E-state index in [-0.39, 0.29) is 0 Å². The van der Waals surface area contributed by atoms with Crippen molar-refractivity contribution in [1.29, 1.82) is 0 Å². The molecule has 16 heavy (non-hydrogen) atoms. The Labute approximate surface area is 98.5 Å². The van der Waals surface area contributed by atoms with E-state index >= 15 is 0 Å². The second-order valence-electron chi connectivity index (χ2n) is 5.61. The standard InChI is InChI=1S/C13H24N2O/c1-2-4-13-12(3-1)15(7-8-16-13)10-11-5-6-14-9-11/h11-14H,1-10H2. The Hall–Kier alpha value is -0.120. The summed E-state index contributed by atoms with van der Waals surface area (Å²) in [5.41, 5.74) is 0. The molecule has 0 aromatic carbocycles. The molecule has 3 aliphatic rings. The van der Waals surface area contributed by atoms with Gasteiger partial charge in [-0.2, -0.15) is 0 Å². The van der Waals surface area contributed by atoms with Gasteiger partial charge in [-0.05, 0) is 38.3 Å². The Bertz CT molecular complexity index is 226. The van der Waals surface area contributed by atoms with Crippen LogP contribution in [-0.4, -0.2) is 49.8 Å². The van der Waals surface area contributed by atoms with Crippen molar-refractivity contribution < 1.29 is 4.74 Å². The lowest BCUT2D eigenvalue weighted by Gasteiger charge is -2.44. The van der Waals surface area contributed by atoms with Crippen molar-refractivity contribution in [3.8, 4) is 0 Å². The lowest BCUT2D eigenvalue weighted by atomic mass is 9.89. The Balaban J connectivity index is 1.59. The van der Waals surface area contributed by atoms with Crippen LogP contribution in [-0.2, 0) is 4.74 Å². The topological polar surface area (TPSA) is 24.5 Å². The number of hydrogen-bond donors (Lipinski definition) is 1. The van der Waals surface area contributed by atoms with Crippen LogP contribution in [0.3, 0.4) is 0 Å². The molecular formula is C13H24N2O. The molecule has 2 saturated heterocycles. The number of fused-ring (bicyclic) bond motifs is 1. The van der Waals surface area contributed by atoms with Gasteiger partial charge in [-0.1, -0.05) is 12.8 Å². The third-order valence-electron chi connectivity index (χ3n) is 4.50. The first kappa shape index (κ1) is 11.0. The highest BCUT2D eigenvalue weighted by Gasteiger charge is 2.35. The van der Waals surface area contributed by atoms with Gasteiger partial charge in [0.05, 0.1) is 12.7 Å². The van der Waals surface area contributed by atoms with Crippen LogP contribution >= 0.6 is 0 Å². The van der Waals surface area contributed by atoms with Gasteiger partial charge in [-0.25, -0.2) is 0 Å². The number of morpholine rings is 1. The third-order valence-corrected chi connectivity index (χ3v) is 4.50. The number of nitrogens with one attached hydrogen (secondary N) is 1. The first-order valence-corrected chi connectivity index (χ1v) is 7.00. The van der Waals surface area contributed by atoms with Crippen LogP contribution in [0, 0.1) is 5.92 Å². The van der Waals surface area contributed by atoms with Gasteiger partial charge in [0, 0.05) is 19.1 Å². The fraction of sp³-hybridized carbons (Fsp3) is 1.00. The molecule has 1 N–H and O–H groups in total. The maximum atomic E-state index is 5.92. The molecule has 0 radical (unpaired) electrons. The maximum Gasteiger partial charge on any atom is 0.0730 e. The van der Waals surface area contributed by atoms with E-state index in [1.807, 2.05) is 0 Å². The number of hydrogen-bond acceptors (Lipinski definition) is 3. The van der Waals surface area contributed by atoms with Gasteiger partial charge >= 0.3 is 0 Å². The van der Waals surface area contributed by atoms with Gasteiger partial charge in [0.25, 0.3) is 0 Å². The largest absolute Gasteiger partial charge is 0.375 e. The molecule has 1 saturated carbocycles. The fourth-order valence-electron chi connectivity index (χ4n) is 3.61. The summed E-state index contributed by atoms with van der Waals surface area (Å²) in [6.45, 7) is 5.88. The molecule has 0 bridgehead atoms. The van der Waals surface area contributed by atoms with Crippen molar-refractivity contribution in [3.05, 3.63) is 0 Å². The summed E-state index contributed by atoms with van der Waals surface area (Å²) in [4.78, 5) is 2.73. The SMILES string of the molecule is C1CCC2C(C1)OCCN2CC1CCNC1. The molecule has 3 rings (SSSR count). The molecule has 3 fully saturated rings. The van der Waals surface area contributed by atoms with E-state index < -0.39 is 0 Å². The number of nitrogens with zero attached hydrogens (tertiary/aromatic N) is 1. The van der Waals surface area contributed by atoms with E-state index in [4.69, 9.17) is 4.74 Å². The predicted octanol–water partition coefficient (Wildman–Crippen LogP) is 1.24. The minimum atomic E-state index is 0.553. The second-order valence-corrected chi connectivity index (χ2v) is 5.61. The van der Waals surface area contributed by atoms with Crippen molar-refractivity contribution in [2.45, 2.75) is 44.2 Å². The molecule has 0 spiro atoms. The minimum Gasteiger partial charge on any atom is -0.375 e. The van der Waals surface area contributed by atoms with Crippen LogP contribution in [0.5, 0.6) is 0 Å². The molecule has 3 heteroatoms. The highest BCUT2D eigenvalue weighted by Crippen LogP contribution is 2.29. The van der Waals surface area contributed by atoms with Crippen LogP contribution in [0.15, 0.2) is 0 Å². The second kappa shape index (κ2) is 5.03. The summed E-state index contributed by atoms with van der Waals surface area (Å²) >= 11 is 0. The monoisotopic (exact) mass is 224 g/mol. The quantitative estimate of drug-likeness (QED) is 0.764. The molecule has 0 amide bonds. The number of ether oxygens (including phenoxy) is 1. The molecule has 3 nitrogen and oxygen atoms in total. The van der Waals surface area contributed by atoms with Crippen molar-refractivity contribution >= 4 is 0 Å². The smallest absolute Gasteiger partial charge is 0.0730 e. The van der Waals surface area contributed by atoms with Crippen molar-refractivity contribution in [2.75, 3.05) is 32.8 Å². The van der Waals surface area contributed by atoms with Gasteiger partial charge in [-0.3, -0.25) is 4.90 Å². The minimum absolute atomic E-state index is 0.553. The summed E-state index contributed by atoms with van der Waals surface area (Å²) in [5.74, 6) is 0.890. The molecule has 1 aliphatic carbocycles. The Morgan fingerprint density at radius 1 is 1.19 bits per heavy atom. The Morgan fingerprint density at radius 3 is 3.00 bits per heavy atom. The number of rotatable bonds is 2. The van der Waals surface area contributed by atoms with E-state index in [9.17, 15) is 0 Å². The highest BCUT2D eigenvalue weighted by molar-refractivity contribution is 4.89. The lowest BCUT2D eigenvalue weighted by Crippen LogP contribution is -2.53. The van der Waals surface area contributed by atoms with Crippen LogP contribution < -0.4 is 5.32 Å². The molecule has 92 valence electrons. The summed E-state index contributed by atoms with van der Waals surface area (Å²) in [6, 6.07) is 0.739. The summed E-state index contributed by atoms with van der Waals surface area (Å²) in [6.07, 6.45) is 7.37. The van der Waals surface area contributed by atoms with Crippen molar-refractivity contribution in [2.24, 2.45) is 5.92 Å². The van der Waals surface area contributed by atoms with Crippen LogP contribution in [0.25, 0.3) is 0 Å². The molecular weight excluding hydrogens is 200 g/mol. The first-order chi connectivity index (χ1) is 7.93. The molecule has 0 aromatic heterocycles. The van der Waals surface area contributed by atoms with Crippen LogP contribution in [0.4, 0.5) is 0 Å². The molecule has 2 aliphatic heterocycles. The highest BCUT2D eigenvalue weighted by atomic mass is 16.5. The van der Waals surface area contributed by atoms with Crippen LogP contribution in [0.2, 0.25) is 0 Å². The summed E-state index contributed by atoms with van der Waals surface area (Å²) in [5, 5.41) is 3.48. The van der Waals surface area contributed by atoms with Gasteiger partial charge in [0.15, 0.2) is 0 Å². The van der Waals surface area contributed by atoms with Gasteiger partial charge in [0.1, 0.15) is 0 Å². The molecule has 2 heterocycles. The first-order valence-electron chi connectivity index (χ1n) is 7.00. The van der Waals surface area contributed by atoms with Crippen LogP contribution in [0.1, 0.15) is 32.1 Å². The predicted molar refractivity (Wildman–Crippen MR) is 64.5 cm³/mol.